The summed E-state index contributed by atoms with van der Waals surface area (Å²) in [7, 11) is 0. The summed E-state index contributed by atoms with van der Waals surface area (Å²) in [6.45, 7) is 12.7. The Morgan fingerprint density at radius 1 is 1.25 bits per heavy atom. The molecule has 96 valence electrons. The van der Waals surface area contributed by atoms with E-state index in [2.05, 4.69) is 32.6 Å². The molecule has 0 spiro atoms. The Hall–Kier alpha value is -0.0800. The van der Waals surface area contributed by atoms with E-state index in [4.69, 9.17) is 5.73 Å². The van der Waals surface area contributed by atoms with Crippen LogP contribution in [-0.2, 0) is 0 Å². The lowest BCUT2D eigenvalue weighted by Gasteiger charge is -2.41. The van der Waals surface area contributed by atoms with Gasteiger partial charge in [-0.1, -0.05) is 34.1 Å². The first-order valence-corrected chi connectivity index (χ1v) is 6.93. The standard InChI is InChI=1S/C14H30N2/c1-5-6-13(11-15)16-9-7-12(8-10-16)14(2,3)4/h12-13H,5-11,15H2,1-4H3. The Balaban J connectivity index is 2.41. The maximum Gasteiger partial charge on any atom is 0.0218 e. The molecular weight excluding hydrogens is 196 g/mol. The Morgan fingerprint density at radius 2 is 1.81 bits per heavy atom. The quantitative estimate of drug-likeness (QED) is 0.798. The summed E-state index contributed by atoms with van der Waals surface area (Å²) in [5.74, 6) is 0.892. The minimum Gasteiger partial charge on any atom is -0.329 e. The van der Waals surface area contributed by atoms with E-state index in [0.29, 0.717) is 11.5 Å². The largest absolute Gasteiger partial charge is 0.329 e. The molecule has 0 aromatic rings. The smallest absolute Gasteiger partial charge is 0.0218 e. The molecule has 1 atom stereocenters. The second kappa shape index (κ2) is 6.02. The van der Waals surface area contributed by atoms with Crippen LogP contribution in [0.2, 0.25) is 0 Å². The van der Waals surface area contributed by atoms with Gasteiger partial charge in [0.05, 0.1) is 0 Å². The van der Waals surface area contributed by atoms with Crippen LogP contribution in [0.3, 0.4) is 0 Å². The minimum atomic E-state index is 0.481. The molecule has 0 aromatic carbocycles. The SMILES string of the molecule is CCCC(CN)N1CCC(C(C)(C)C)CC1. The van der Waals surface area contributed by atoms with Gasteiger partial charge in [0.15, 0.2) is 0 Å². The van der Waals surface area contributed by atoms with E-state index in [1.165, 1.54) is 38.8 Å². The van der Waals surface area contributed by atoms with Crippen molar-refractivity contribution in [2.24, 2.45) is 17.1 Å². The van der Waals surface area contributed by atoms with E-state index in [0.717, 1.165) is 12.5 Å². The van der Waals surface area contributed by atoms with E-state index in [-0.39, 0.29) is 0 Å². The predicted molar refractivity (Wildman–Crippen MR) is 71.5 cm³/mol. The Morgan fingerprint density at radius 3 is 2.19 bits per heavy atom. The van der Waals surface area contributed by atoms with E-state index in [9.17, 15) is 0 Å². The zero-order chi connectivity index (χ0) is 12.2. The van der Waals surface area contributed by atoms with Crippen molar-refractivity contribution < 1.29 is 0 Å². The molecule has 2 N–H and O–H groups in total. The molecule has 0 amide bonds. The molecule has 2 nitrogen and oxygen atoms in total. The van der Waals surface area contributed by atoms with Gasteiger partial charge in [-0.3, -0.25) is 4.90 Å². The molecule has 1 fully saturated rings. The number of nitrogens with zero attached hydrogens (tertiary/aromatic N) is 1. The van der Waals surface area contributed by atoms with Crippen LogP contribution in [0.5, 0.6) is 0 Å². The van der Waals surface area contributed by atoms with Crippen LogP contribution in [0.15, 0.2) is 0 Å². The molecule has 1 rings (SSSR count). The lowest BCUT2D eigenvalue weighted by molar-refractivity contribution is 0.0816. The van der Waals surface area contributed by atoms with Crippen LogP contribution in [0.25, 0.3) is 0 Å². The van der Waals surface area contributed by atoms with Gasteiger partial charge in [-0.05, 0) is 43.7 Å². The minimum absolute atomic E-state index is 0.481. The Kier molecular flexibility index (Phi) is 5.26. The molecule has 0 saturated carbocycles. The van der Waals surface area contributed by atoms with Crippen LogP contribution >= 0.6 is 0 Å². The second-order valence-corrected chi connectivity index (χ2v) is 6.35. The third-order valence-electron chi connectivity index (χ3n) is 4.16. The fourth-order valence-corrected chi connectivity index (χ4v) is 2.91. The molecule has 1 saturated heterocycles. The van der Waals surface area contributed by atoms with Gasteiger partial charge in [0.1, 0.15) is 0 Å². The van der Waals surface area contributed by atoms with Gasteiger partial charge in [-0.25, -0.2) is 0 Å². The maximum absolute atomic E-state index is 5.87. The molecule has 0 aliphatic carbocycles. The average molecular weight is 226 g/mol. The highest BCUT2D eigenvalue weighted by Gasteiger charge is 2.30. The van der Waals surface area contributed by atoms with Gasteiger partial charge in [-0.2, -0.15) is 0 Å². The van der Waals surface area contributed by atoms with E-state index < -0.39 is 0 Å². The number of rotatable bonds is 4. The Bertz CT molecular complexity index is 187. The van der Waals surface area contributed by atoms with Gasteiger partial charge in [0.25, 0.3) is 0 Å². The van der Waals surface area contributed by atoms with Crippen molar-refractivity contribution in [1.29, 1.82) is 0 Å². The van der Waals surface area contributed by atoms with Crippen LogP contribution < -0.4 is 5.73 Å². The highest BCUT2D eigenvalue weighted by Crippen LogP contribution is 2.34. The molecule has 0 aromatic heterocycles. The molecule has 1 unspecified atom stereocenters. The molecule has 2 heteroatoms. The van der Waals surface area contributed by atoms with E-state index >= 15 is 0 Å². The van der Waals surface area contributed by atoms with Gasteiger partial charge < -0.3 is 5.73 Å². The Labute approximate surface area is 102 Å². The molecule has 0 bridgehead atoms. The third kappa shape index (κ3) is 3.74. The first kappa shape index (κ1) is 14.0. The van der Waals surface area contributed by atoms with E-state index in [1.807, 2.05) is 0 Å². The molecule has 16 heavy (non-hydrogen) atoms. The first-order chi connectivity index (χ1) is 7.49. The first-order valence-electron chi connectivity index (χ1n) is 6.93. The predicted octanol–water partition coefficient (Wildman–Crippen LogP) is 2.87. The number of piperidine rings is 1. The molecular formula is C14H30N2. The van der Waals surface area contributed by atoms with Crippen molar-refractivity contribution >= 4 is 0 Å². The maximum atomic E-state index is 5.87. The van der Waals surface area contributed by atoms with Crippen molar-refractivity contribution in [3.05, 3.63) is 0 Å². The van der Waals surface area contributed by atoms with Gasteiger partial charge in [0.2, 0.25) is 0 Å². The number of nitrogens with two attached hydrogens (primary N) is 1. The summed E-state index contributed by atoms with van der Waals surface area (Å²) >= 11 is 0. The summed E-state index contributed by atoms with van der Waals surface area (Å²) in [5.41, 5.74) is 6.35. The number of hydrogen-bond donors (Lipinski definition) is 1. The lowest BCUT2D eigenvalue weighted by Crippen LogP contribution is -2.46. The summed E-state index contributed by atoms with van der Waals surface area (Å²) in [5, 5.41) is 0. The normalized spacial score (nSPS) is 22.3. The van der Waals surface area contributed by atoms with Crippen LogP contribution in [0, 0.1) is 11.3 Å². The topological polar surface area (TPSA) is 29.3 Å². The number of hydrogen-bond acceptors (Lipinski definition) is 2. The van der Waals surface area contributed by atoms with Gasteiger partial charge in [-0.15, -0.1) is 0 Å². The molecule has 1 aliphatic heterocycles. The summed E-state index contributed by atoms with van der Waals surface area (Å²) in [4.78, 5) is 2.62. The molecule has 1 heterocycles. The van der Waals surface area contributed by atoms with Gasteiger partial charge >= 0.3 is 0 Å². The summed E-state index contributed by atoms with van der Waals surface area (Å²) in [6.07, 6.45) is 5.21. The molecule has 0 radical (unpaired) electrons. The highest BCUT2D eigenvalue weighted by molar-refractivity contribution is 4.83. The van der Waals surface area contributed by atoms with E-state index in [1.54, 1.807) is 0 Å². The highest BCUT2D eigenvalue weighted by atomic mass is 15.2. The lowest BCUT2D eigenvalue weighted by atomic mass is 9.75. The van der Waals surface area contributed by atoms with Gasteiger partial charge in [0, 0.05) is 12.6 Å². The van der Waals surface area contributed by atoms with Crippen LogP contribution in [0.1, 0.15) is 53.4 Å². The van der Waals surface area contributed by atoms with Crippen molar-refractivity contribution in [1.82, 2.24) is 4.90 Å². The fraction of sp³-hybridized carbons (Fsp3) is 1.00. The zero-order valence-corrected chi connectivity index (χ0v) is 11.6. The summed E-state index contributed by atoms with van der Waals surface area (Å²) < 4.78 is 0. The summed E-state index contributed by atoms with van der Waals surface area (Å²) in [6, 6.07) is 0.630. The van der Waals surface area contributed by atoms with Crippen molar-refractivity contribution in [2.45, 2.75) is 59.4 Å². The molecule has 1 aliphatic rings. The fourth-order valence-electron chi connectivity index (χ4n) is 2.91. The van der Waals surface area contributed by atoms with Crippen LogP contribution in [-0.4, -0.2) is 30.6 Å². The third-order valence-corrected chi connectivity index (χ3v) is 4.16. The zero-order valence-electron chi connectivity index (χ0n) is 11.6. The van der Waals surface area contributed by atoms with Crippen molar-refractivity contribution in [3.63, 3.8) is 0 Å². The number of likely N-dealkylation sites (tertiary alicyclic amines) is 1. The second-order valence-electron chi connectivity index (χ2n) is 6.35. The van der Waals surface area contributed by atoms with Crippen LogP contribution in [0.4, 0.5) is 0 Å². The van der Waals surface area contributed by atoms with Crippen molar-refractivity contribution in [3.8, 4) is 0 Å². The van der Waals surface area contributed by atoms with Crippen molar-refractivity contribution in [2.75, 3.05) is 19.6 Å². The average Bonchev–Trinajstić information content (AvgIpc) is 2.25. The monoisotopic (exact) mass is 226 g/mol.